The van der Waals surface area contributed by atoms with Crippen LogP contribution in [0, 0.1) is 13.8 Å². The molecule has 5 aromatic rings. The fourth-order valence-corrected chi connectivity index (χ4v) is 4.59. The van der Waals surface area contributed by atoms with E-state index in [0.717, 1.165) is 33.3 Å². The number of aromatic amines is 1. The van der Waals surface area contributed by atoms with Gasteiger partial charge in [-0.05, 0) is 68.8 Å². The van der Waals surface area contributed by atoms with Crippen molar-refractivity contribution in [3.8, 4) is 11.3 Å². The molecular formula is C28H24ClN3O4. The van der Waals surface area contributed by atoms with Gasteiger partial charge in [-0.2, -0.15) is 0 Å². The maximum atomic E-state index is 13.2. The van der Waals surface area contributed by atoms with Gasteiger partial charge in [-0.3, -0.25) is 4.79 Å². The first-order valence-electron chi connectivity index (χ1n) is 11.4. The van der Waals surface area contributed by atoms with Gasteiger partial charge >= 0.3 is 5.97 Å². The van der Waals surface area contributed by atoms with Gasteiger partial charge in [0.2, 0.25) is 0 Å². The standard InChI is InChI=1S/C28H24ClN3O4/c1-14-9-19(16(3)31-22-7-8-25(29)32-26(22)28(34)35-4)27-20(10-14)23(33)13-24(36-27)17-5-6-21-18(12-17)11-15(2)30-21/h5-13,16,30-31H,1-4H3. The van der Waals surface area contributed by atoms with Crippen molar-refractivity contribution < 1.29 is 13.9 Å². The number of carbonyl (C=O) groups excluding carboxylic acids is 1. The minimum Gasteiger partial charge on any atom is -0.464 e. The van der Waals surface area contributed by atoms with Crippen molar-refractivity contribution in [2.24, 2.45) is 0 Å². The van der Waals surface area contributed by atoms with Gasteiger partial charge in [0.05, 0.1) is 24.2 Å². The molecule has 3 aromatic heterocycles. The van der Waals surface area contributed by atoms with Gasteiger partial charge in [-0.1, -0.05) is 17.7 Å². The van der Waals surface area contributed by atoms with Crippen LogP contribution in [0.4, 0.5) is 5.69 Å². The van der Waals surface area contributed by atoms with Crippen LogP contribution in [0.2, 0.25) is 5.15 Å². The normalized spacial score (nSPS) is 12.1. The number of anilines is 1. The molecule has 0 amide bonds. The highest BCUT2D eigenvalue weighted by atomic mass is 35.5. The van der Waals surface area contributed by atoms with Crippen LogP contribution in [0.3, 0.4) is 0 Å². The maximum absolute atomic E-state index is 13.2. The third-order valence-corrected chi connectivity index (χ3v) is 6.33. The van der Waals surface area contributed by atoms with Gasteiger partial charge in [0.15, 0.2) is 11.1 Å². The third-order valence-electron chi connectivity index (χ3n) is 6.12. The number of hydrogen-bond acceptors (Lipinski definition) is 6. The molecule has 8 heteroatoms. The second-order valence-electron chi connectivity index (χ2n) is 8.85. The molecule has 5 rings (SSSR count). The summed E-state index contributed by atoms with van der Waals surface area (Å²) < 4.78 is 11.2. The average molecular weight is 502 g/mol. The summed E-state index contributed by atoms with van der Waals surface area (Å²) in [5, 5.41) is 5.02. The van der Waals surface area contributed by atoms with Crippen molar-refractivity contribution in [1.29, 1.82) is 0 Å². The third kappa shape index (κ3) is 4.33. The maximum Gasteiger partial charge on any atom is 0.358 e. The van der Waals surface area contributed by atoms with Crippen molar-refractivity contribution in [2.45, 2.75) is 26.8 Å². The number of fused-ring (bicyclic) bond motifs is 2. The van der Waals surface area contributed by atoms with E-state index in [1.54, 1.807) is 12.1 Å². The molecule has 0 aliphatic rings. The lowest BCUT2D eigenvalue weighted by atomic mass is 10.0. The van der Waals surface area contributed by atoms with Crippen molar-refractivity contribution in [2.75, 3.05) is 12.4 Å². The Balaban J connectivity index is 1.62. The van der Waals surface area contributed by atoms with E-state index >= 15 is 0 Å². The van der Waals surface area contributed by atoms with Gasteiger partial charge in [0, 0.05) is 33.8 Å². The highest BCUT2D eigenvalue weighted by molar-refractivity contribution is 6.29. The topological polar surface area (TPSA) is 97.2 Å². The summed E-state index contributed by atoms with van der Waals surface area (Å²) in [5.74, 6) is -0.125. The van der Waals surface area contributed by atoms with Crippen LogP contribution in [0.15, 0.2) is 63.8 Å². The number of rotatable bonds is 5. The molecule has 1 unspecified atom stereocenters. The van der Waals surface area contributed by atoms with Gasteiger partial charge in [-0.25, -0.2) is 9.78 Å². The van der Waals surface area contributed by atoms with E-state index in [-0.39, 0.29) is 22.3 Å². The summed E-state index contributed by atoms with van der Waals surface area (Å²) in [4.78, 5) is 32.9. The Kier molecular flexibility index (Phi) is 6.02. The number of methoxy groups -OCH3 is 1. The van der Waals surface area contributed by atoms with Crippen LogP contribution in [-0.4, -0.2) is 23.0 Å². The Bertz CT molecular complexity index is 1700. The summed E-state index contributed by atoms with van der Waals surface area (Å²) in [7, 11) is 1.29. The lowest BCUT2D eigenvalue weighted by Gasteiger charge is -2.19. The molecule has 182 valence electrons. The Hall–Kier alpha value is -4.10. The fourth-order valence-electron chi connectivity index (χ4n) is 4.44. The van der Waals surface area contributed by atoms with Crippen LogP contribution in [0.1, 0.15) is 40.3 Å². The minimum absolute atomic E-state index is 0.0750. The Morgan fingerprint density at radius 3 is 2.69 bits per heavy atom. The van der Waals surface area contributed by atoms with E-state index in [2.05, 4.69) is 21.4 Å². The van der Waals surface area contributed by atoms with Crippen LogP contribution >= 0.6 is 11.6 Å². The summed E-state index contributed by atoms with van der Waals surface area (Å²) >= 11 is 6.00. The molecule has 36 heavy (non-hydrogen) atoms. The van der Waals surface area contributed by atoms with Gasteiger partial charge in [0.1, 0.15) is 16.5 Å². The van der Waals surface area contributed by atoms with Crippen LogP contribution in [0.25, 0.3) is 33.2 Å². The van der Waals surface area contributed by atoms with Crippen LogP contribution in [0.5, 0.6) is 0 Å². The fraction of sp³-hybridized carbons (Fsp3) is 0.179. The molecule has 0 aliphatic heterocycles. The molecule has 0 fully saturated rings. The van der Waals surface area contributed by atoms with Crippen molar-refractivity contribution in [3.05, 3.63) is 92.5 Å². The SMILES string of the molecule is COC(=O)c1nc(Cl)ccc1NC(C)c1cc(C)cc2c(=O)cc(-c3ccc4[nH]c(C)cc4c3)oc12. The lowest BCUT2D eigenvalue weighted by molar-refractivity contribution is 0.0595. The minimum atomic E-state index is -0.606. The summed E-state index contributed by atoms with van der Waals surface area (Å²) in [6, 6.07) is 16.2. The number of halogens is 1. The molecule has 1 atom stereocenters. The number of nitrogens with one attached hydrogen (secondary N) is 2. The van der Waals surface area contributed by atoms with Crippen LogP contribution < -0.4 is 10.7 Å². The monoisotopic (exact) mass is 501 g/mol. The summed E-state index contributed by atoms with van der Waals surface area (Å²) in [5.41, 5.74) is 5.46. The van der Waals surface area contributed by atoms with Crippen molar-refractivity contribution in [1.82, 2.24) is 9.97 Å². The number of nitrogens with zero attached hydrogens (tertiary/aromatic N) is 1. The number of aromatic nitrogens is 2. The summed E-state index contributed by atoms with van der Waals surface area (Å²) in [6.45, 7) is 5.85. The molecular weight excluding hydrogens is 478 g/mol. The quantitative estimate of drug-likeness (QED) is 0.209. The van der Waals surface area contributed by atoms with E-state index in [9.17, 15) is 9.59 Å². The smallest absolute Gasteiger partial charge is 0.358 e. The Morgan fingerprint density at radius 2 is 1.92 bits per heavy atom. The van der Waals surface area contributed by atoms with Crippen molar-refractivity contribution in [3.63, 3.8) is 0 Å². The first-order valence-corrected chi connectivity index (χ1v) is 11.8. The highest BCUT2D eigenvalue weighted by Gasteiger charge is 2.20. The van der Waals surface area contributed by atoms with Gasteiger partial charge in [-0.15, -0.1) is 0 Å². The number of ether oxygens (including phenoxy) is 1. The van der Waals surface area contributed by atoms with E-state index in [4.69, 9.17) is 20.8 Å². The predicted octanol–water partition coefficient (Wildman–Crippen LogP) is 6.57. The molecule has 0 spiro atoms. The zero-order chi connectivity index (χ0) is 25.6. The molecule has 2 aromatic carbocycles. The number of esters is 1. The van der Waals surface area contributed by atoms with Crippen LogP contribution in [-0.2, 0) is 4.74 Å². The number of carbonyl (C=O) groups is 1. The van der Waals surface area contributed by atoms with Crippen molar-refractivity contribution >= 4 is 45.1 Å². The first-order chi connectivity index (χ1) is 17.2. The van der Waals surface area contributed by atoms with Gasteiger partial charge < -0.3 is 19.5 Å². The number of pyridine rings is 1. The molecule has 0 saturated heterocycles. The molecule has 0 aliphatic carbocycles. The summed E-state index contributed by atoms with van der Waals surface area (Å²) in [6.07, 6.45) is 0. The van der Waals surface area contributed by atoms with E-state index in [1.807, 2.05) is 51.1 Å². The second-order valence-corrected chi connectivity index (χ2v) is 9.24. The van der Waals surface area contributed by atoms with E-state index in [1.165, 1.54) is 13.2 Å². The molecule has 7 nitrogen and oxygen atoms in total. The van der Waals surface area contributed by atoms with E-state index < -0.39 is 5.97 Å². The predicted molar refractivity (Wildman–Crippen MR) is 142 cm³/mol. The number of hydrogen-bond donors (Lipinski definition) is 2. The number of aryl methyl sites for hydroxylation is 2. The Morgan fingerprint density at radius 1 is 1.11 bits per heavy atom. The molecule has 2 N–H and O–H groups in total. The van der Waals surface area contributed by atoms with E-state index in [0.29, 0.717) is 22.4 Å². The second kappa shape index (κ2) is 9.17. The molecule has 0 radical (unpaired) electrons. The van der Waals surface area contributed by atoms with Gasteiger partial charge in [0.25, 0.3) is 0 Å². The molecule has 0 bridgehead atoms. The number of benzene rings is 2. The highest BCUT2D eigenvalue weighted by Crippen LogP contribution is 2.32. The molecule has 0 saturated carbocycles. The zero-order valence-electron chi connectivity index (χ0n) is 20.2. The largest absolute Gasteiger partial charge is 0.464 e. The average Bonchev–Trinajstić information content (AvgIpc) is 3.23. The lowest BCUT2D eigenvalue weighted by Crippen LogP contribution is -2.14. The molecule has 3 heterocycles. The first kappa shape index (κ1) is 23.6. The number of H-pyrrole nitrogens is 1. The Labute approximate surface area is 212 Å². The zero-order valence-corrected chi connectivity index (χ0v) is 21.0.